The van der Waals surface area contributed by atoms with Gasteiger partial charge in [-0.15, -0.1) is 13.2 Å². The van der Waals surface area contributed by atoms with Gasteiger partial charge in [-0.1, -0.05) is 0 Å². The SMILES string of the molecule is CCOC(=O)c1c(C#N)ccc(O)c1OC(F)(F)F. The molecule has 1 rings (SSSR count). The molecule has 0 aromatic heterocycles. The Kier molecular flexibility index (Phi) is 4.22. The highest BCUT2D eigenvalue weighted by Gasteiger charge is 2.36. The number of phenols is 1. The minimum absolute atomic E-state index is 0.106. The molecule has 0 aliphatic heterocycles. The summed E-state index contributed by atoms with van der Waals surface area (Å²) in [5.74, 6) is -3.25. The Morgan fingerprint density at radius 3 is 2.58 bits per heavy atom. The number of alkyl halides is 3. The van der Waals surface area contributed by atoms with E-state index in [1.165, 1.54) is 13.0 Å². The number of carbonyl (C=O) groups excluding carboxylic acids is 1. The largest absolute Gasteiger partial charge is 0.573 e. The van der Waals surface area contributed by atoms with Crippen molar-refractivity contribution in [3.8, 4) is 17.6 Å². The van der Waals surface area contributed by atoms with Crippen LogP contribution in [-0.2, 0) is 4.74 Å². The molecule has 19 heavy (non-hydrogen) atoms. The second-order valence-corrected chi connectivity index (χ2v) is 3.22. The van der Waals surface area contributed by atoms with Gasteiger partial charge >= 0.3 is 12.3 Å². The van der Waals surface area contributed by atoms with Crippen LogP contribution in [0.25, 0.3) is 0 Å². The molecule has 1 aromatic rings. The van der Waals surface area contributed by atoms with Crippen molar-refractivity contribution in [3.05, 3.63) is 23.3 Å². The molecular weight excluding hydrogens is 267 g/mol. The van der Waals surface area contributed by atoms with E-state index in [1.54, 1.807) is 0 Å². The van der Waals surface area contributed by atoms with E-state index in [0.717, 1.165) is 12.1 Å². The van der Waals surface area contributed by atoms with Gasteiger partial charge < -0.3 is 14.6 Å². The minimum Gasteiger partial charge on any atom is -0.504 e. The minimum atomic E-state index is -5.12. The zero-order chi connectivity index (χ0) is 14.6. The second-order valence-electron chi connectivity index (χ2n) is 3.22. The standard InChI is InChI=1S/C11H8F3NO4/c1-2-18-10(17)8-6(5-15)3-4-7(16)9(8)19-11(12,13)14/h3-4,16H,2H2,1H3. The highest BCUT2D eigenvalue weighted by molar-refractivity contribution is 5.96. The summed E-state index contributed by atoms with van der Waals surface area (Å²) in [4.78, 5) is 11.6. The highest BCUT2D eigenvalue weighted by atomic mass is 19.4. The van der Waals surface area contributed by atoms with Gasteiger partial charge in [0.05, 0.1) is 12.2 Å². The number of nitrogens with zero attached hydrogens (tertiary/aromatic N) is 1. The zero-order valence-corrected chi connectivity index (χ0v) is 9.61. The van der Waals surface area contributed by atoms with Crippen LogP contribution in [0.2, 0.25) is 0 Å². The Bertz CT molecular complexity index is 534. The van der Waals surface area contributed by atoms with Gasteiger partial charge in [-0.2, -0.15) is 5.26 Å². The highest BCUT2D eigenvalue weighted by Crippen LogP contribution is 2.37. The smallest absolute Gasteiger partial charge is 0.504 e. The zero-order valence-electron chi connectivity index (χ0n) is 9.61. The first-order valence-electron chi connectivity index (χ1n) is 4.99. The number of phenolic OH excluding ortho intramolecular Hbond substituents is 1. The molecule has 1 aromatic carbocycles. The van der Waals surface area contributed by atoms with E-state index in [4.69, 9.17) is 5.26 Å². The molecule has 0 atom stereocenters. The molecule has 0 saturated heterocycles. The molecule has 0 amide bonds. The normalized spacial score (nSPS) is 10.7. The summed E-state index contributed by atoms with van der Waals surface area (Å²) in [5.41, 5.74) is -1.16. The molecule has 0 radical (unpaired) electrons. The Labute approximate surface area is 105 Å². The van der Waals surface area contributed by atoms with E-state index in [0.29, 0.717) is 0 Å². The Morgan fingerprint density at radius 1 is 1.47 bits per heavy atom. The fraction of sp³-hybridized carbons (Fsp3) is 0.273. The quantitative estimate of drug-likeness (QED) is 0.856. The summed E-state index contributed by atoms with van der Waals surface area (Å²) in [6.45, 7) is 1.34. The third-order valence-corrected chi connectivity index (χ3v) is 1.95. The Morgan fingerprint density at radius 2 is 2.11 bits per heavy atom. The molecule has 0 heterocycles. The number of hydrogen-bond acceptors (Lipinski definition) is 5. The number of rotatable bonds is 3. The lowest BCUT2D eigenvalue weighted by molar-refractivity contribution is -0.275. The summed E-state index contributed by atoms with van der Waals surface area (Å²) in [6.07, 6.45) is -5.12. The number of hydrogen-bond donors (Lipinski definition) is 1. The van der Waals surface area contributed by atoms with Crippen LogP contribution in [0.4, 0.5) is 13.2 Å². The van der Waals surface area contributed by atoms with Crippen molar-refractivity contribution in [1.29, 1.82) is 5.26 Å². The van der Waals surface area contributed by atoms with E-state index in [1.807, 2.05) is 0 Å². The average molecular weight is 275 g/mol. The van der Waals surface area contributed by atoms with Gasteiger partial charge in [0.2, 0.25) is 0 Å². The van der Waals surface area contributed by atoms with Gasteiger partial charge in [0.15, 0.2) is 11.5 Å². The molecular formula is C11H8F3NO4. The topological polar surface area (TPSA) is 79.6 Å². The number of ether oxygens (including phenoxy) is 2. The fourth-order valence-electron chi connectivity index (χ4n) is 1.29. The molecule has 0 spiro atoms. The van der Waals surface area contributed by atoms with Crippen LogP contribution in [0.15, 0.2) is 12.1 Å². The van der Waals surface area contributed by atoms with E-state index in [2.05, 4.69) is 9.47 Å². The van der Waals surface area contributed by atoms with Crippen LogP contribution in [-0.4, -0.2) is 24.0 Å². The third kappa shape index (κ3) is 3.51. The monoisotopic (exact) mass is 275 g/mol. The fourth-order valence-corrected chi connectivity index (χ4v) is 1.29. The predicted molar refractivity (Wildman–Crippen MR) is 55.5 cm³/mol. The van der Waals surface area contributed by atoms with Crippen molar-refractivity contribution in [1.82, 2.24) is 0 Å². The number of aromatic hydroxyl groups is 1. The van der Waals surface area contributed by atoms with Crippen molar-refractivity contribution in [2.24, 2.45) is 0 Å². The number of benzene rings is 1. The first-order valence-corrected chi connectivity index (χ1v) is 4.99. The van der Waals surface area contributed by atoms with Gasteiger partial charge in [-0.25, -0.2) is 4.79 Å². The second kappa shape index (κ2) is 5.48. The third-order valence-electron chi connectivity index (χ3n) is 1.95. The lowest BCUT2D eigenvalue weighted by Gasteiger charge is -2.14. The Balaban J connectivity index is 3.42. The molecule has 5 nitrogen and oxygen atoms in total. The van der Waals surface area contributed by atoms with Crippen molar-refractivity contribution in [2.75, 3.05) is 6.61 Å². The Hall–Kier alpha value is -2.43. The van der Waals surface area contributed by atoms with Gasteiger partial charge in [-0.3, -0.25) is 0 Å². The first-order chi connectivity index (χ1) is 8.80. The summed E-state index contributed by atoms with van der Waals surface area (Å²) in [7, 11) is 0. The molecule has 102 valence electrons. The van der Waals surface area contributed by atoms with E-state index >= 15 is 0 Å². The van der Waals surface area contributed by atoms with E-state index < -0.39 is 35.0 Å². The van der Waals surface area contributed by atoms with Crippen molar-refractivity contribution >= 4 is 5.97 Å². The number of nitriles is 1. The summed E-state index contributed by atoms with van der Waals surface area (Å²) in [5, 5.41) is 18.1. The summed E-state index contributed by atoms with van der Waals surface area (Å²) < 4.78 is 44.8. The molecule has 0 aliphatic carbocycles. The van der Waals surface area contributed by atoms with Crippen molar-refractivity contribution in [2.45, 2.75) is 13.3 Å². The number of esters is 1. The van der Waals surface area contributed by atoms with Crippen LogP contribution in [0.3, 0.4) is 0 Å². The maximum Gasteiger partial charge on any atom is 0.573 e. The maximum absolute atomic E-state index is 12.2. The van der Waals surface area contributed by atoms with Crippen molar-refractivity contribution < 1.29 is 32.5 Å². The van der Waals surface area contributed by atoms with Crippen LogP contribution in [0, 0.1) is 11.3 Å². The van der Waals surface area contributed by atoms with Gasteiger partial charge in [0.1, 0.15) is 11.6 Å². The maximum atomic E-state index is 12.2. The molecule has 0 bridgehead atoms. The van der Waals surface area contributed by atoms with Gasteiger partial charge in [-0.05, 0) is 19.1 Å². The molecule has 0 fully saturated rings. The molecule has 0 saturated carbocycles. The van der Waals surface area contributed by atoms with Crippen LogP contribution in [0.1, 0.15) is 22.8 Å². The summed E-state index contributed by atoms with van der Waals surface area (Å²) >= 11 is 0. The molecule has 8 heteroatoms. The molecule has 0 aliphatic rings. The van der Waals surface area contributed by atoms with E-state index in [-0.39, 0.29) is 6.61 Å². The van der Waals surface area contributed by atoms with Crippen LogP contribution in [0.5, 0.6) is 11.5 Å². The lowest BCUT2D eigenvalue weighted by atomic mass is 10.1. The summed E-state index contributed by atoms with van der Waals surface area (Å²) in [6, 6.07) is 3.34. The molecule has 0 unspecified atom stereocenters. The van der Waals surface area contributed by atoms with Crippen molar-refractivity contribution in [3.63, 3.8) is 0 Å². The van der Waals surface area contributed by atoms with Gasteiger partial charge in [0.25, 0.3) is 0 Å². The predicted octanol–water partition coefficient (Wildman–Crippen LogP) is 2.34. The van der Waals surface area contributed by atoms with Gasteiger partial charge in [0, 0.05) is 0 Å². The first kappa shape index (κ1) is 14.6. The number of carbonyl (C=O) groups is 1. The van der Waals surface area contributed by atoms with Crippen LogP contribution < -0.4 is 4.74 Å². The lowest BCUT2D eigenvalue weighted by Crippen LogP contribution is -2.20. The molecule has 1 N–H and O–H groups in total. The van der Waals surface area contributed by atoms with E-state index in [9.17, 15) is 23.1 Å². The average Bonchev–Trinajstić information content (AvgIpc) is 2.30. The number of halogens is 3. The van der Waals surface area contributed by atoms with Crippen LogP contribution >= 0.6 is 0 Å².